The molecule has 0 aromatic heterocycles. The Hall–Kier alpha value is -1.30. The van der Waals surface area contributed by atoms with E-state index < -0.39 is 0 Å². The van der Waals surface area contributed by atoms with Gasteiger partial charge in [0, 0.05) is 32.1 Å². The van der Waals surface area contributed by atoms with Crippen molar-refractivity contribution in [2.24, 2.45) is 10.9 Å². The van der Waals surface area contributed by atoms with Crippen LogP contribution in [0.25, 0.3) is 0 Å². The molecule has 0 radical (unpaired) electrons. The molecule has 0 heterocycles. The van der Waals surface area contributed by atoms with Gasteiger partial charge in [-0.3, -0.25) is 9.79 Å². The van der Waals surface area contributed by atoms with Gasteiger partial charge in [0.25, 0.3) is 0 Å². The largest absolute Gasteiger partial charge is 0.357 e. The zero-order valence-corrected chi connectivity index (χ0v) is 13.0. The molecule has 0 aromatic carbocycles. The van der Waals surface area contributed by atoms with Crippen molar-refractivity contribution in [2.75, 3.05) is 46.8 Å². The highest BCUT2D eigenvalue weighted by atomic mass is 16.2. The van der Waals surface area contributed by atoms with Gasteiger partial charge >= 0.3 is 0 Å². The first-order chi connectivity index (χ1) is 9.63. The van der Waals surface area contributed by atoms with E-state index in [4.69, 9.17) is 0 Å². The summed E-state index contributed by atoms with van der Waals surface area (Å²) < 4.78 is 0. The average Bonchev–Trinajstić information content (AvgIpc) is 3.23. The van der Waals surface area contributed by atoms with Gasteiger partial charge in [-0.05, 0) is 46.8 Å². The molecule has 0 atom stereocenters. The first-order valence-electron chi connectivity index (χ1n) is 7.58. The second-order valence-corrected chi connectivity index (χ2v) is 5.41. The van der Waals surface area contributed by atoms with E-state index in [1.807, 2.05) is 6.92 Å². The summed E-state index contributed by atoms with van der Waals surface area (Å²) in [5.74, 6) is 1.30. The van der Waals surface area contributed by atoms with E-state index in [0.717, 1.165) is 44.9 Å². The molecule has 0 saturated heterocycles. The van der Waals surface area contributed by atoms with Gasteiger partial charge in [0.15, 0.2) is 5.96 Å². The Balaban J connectivity index is 2.13. The SMILES string of the molecule is CCNC(=NCCCN(C)C)NCCNC(=O)C1CC1. The second-order valence-electron chi connectivity index (χ2n) is 5.41. The van der Waals surface area contributed by atoms with Crippen LogP contribution in [0.2, 0.25) is 0 Å². The molecule has 6 nitrogen and oxygen atoms in total. The molecule has 1 fully saturated rings. The van der Waals surface area contributed by atoms with Gasteiger partial charge in [-0.25, -0.2) is 0 Å². The molecule has 0 spiro atoms. The lowest BCUT2D eigenvalue weighted by Gasteiger charge is -2.12. The van der Waals surface area contributed by atoms with Crippen molar-refractivity contribution >= 4 is 11.9 Å². The molecule has 0 aromatic rings. The lowest BCUT2D eigenvalue weighted by molar-refractivity contribution is -0.122. The van der Waals surface area contributed by atoms with Crippen molar-refractivity contribution in [1.29, 1.82) is 0 Å². The summed E-state index contributed by atoms with van der Waals surface area (Å²) in [6.45, 7) is 6.09. The maximum atomic E-state index is 11.5. The highest BCUT2D eigenvalue weighted by molar-refractivity contribution is 5.81. The van der Waals surface area contributed by atoms with E-state index in [1.165, 1.54) is 0 Å². The van der Waals surface area contributed by atoms with Crippen LogP contribution < -0.4 is 16.0 Å². The maximum Gasteiger partial charge on any atom is 0.223 e. The number of aliphatic imine (C=N–C) groups is 1. The van der Waals surface area contributed by atoms with Gasteiger partial charge in [-0.15, -0.1) is 0 Å². The van der Waals surface area contributed by atoms with Crippen molar-refractivity contribution in [3.63, 3.8) is 0 Å². The number of hydrogen-bond donors (Lipinski definition) is 3. The highest BCUT2D eigenvalue weighted by Crippen LogP contribution is 2.28. The van der Waals surface area contributed by atoms with Crippen molar-refractivity contribution in [2.45, 2.75) is 26.2 Å². The molecule has 0 unspecified atom stereocenters. The van der Waals surface area contributed by atoms with Crippen LogP contribution in [0.5, 0.6) is 0 Å². The molecule has 0 aliphatic heterocycles. The third kappa shape index (κ3) is 7.99. The van der Waals surface area contributed by atoms with Gasteiger partial charge in [0.2, 0.25) is 5.91 Å². The fraction of sp³-hybridized carbons (Fsp3) is 0.857. The standard InChI is InChI=1S/C14H29N5O/c1-4-15-14(17-8-5-11-19(2)3)18-10-9-16-13(20)12-6-7-12/h12H,4-11H2,1-3H3,(H,16,20)(H2,15,17,18). The van der Waals surface area contributed by atoms with E-state index in [-0.39, 0.29) is 11.8 Å². The predicted octanol–water partition coefficient (Wildman–Crippen LogP) is 0.0194. The molecule has 116 valence electrons. The number of rotatable bonds is 9. The summed E-state index contributed by atoms with van der Waals surface area (Å²) in [6, 6.07) is 0. The van der Waals surface area contributed by atoms with Gasteiger partial charge in [0.05, 0.1) is 0 Å². The van der Waals surface area contributed by atoms with Crippen LogP contribution in [0.3, 0.4) is 0 Å². The highest BCUT2D eigenvalue weighted by Gasteiger charge is 2.28. The van der Waals surface area contributed by atoms with Gasteiger partial charge in [0.1, 0.15) is 0 Å². The minimum Gasteiger partial charge on any atom is -0.357 e. The topological polar surface area (TPSA) is 68.8 Å². The molecule has 1 rings (SSSR count). The third-order valence-corrected chi connectivity index (χ3v) is 3.04. The average molecular weight is 283 g/mol. The summed E-state index contributed by atoms with van der Waals surface area (Å²) in [5, 5.41) is 9.37. The molecule has 1 saturated carbocycles. The van der Waals surface area contributed by atoms with Crippen molar-refractivity contribution in [3.8, 4) is 0 Å². The fourth-order valence-corrected chi connectivity index (χ4v) is 1.78. The van der Waals surface area contributed by atoms with Crippen LogP contribution in [0.4, 0.5) is 0 Å². The molecular formula is C14H29N5O. The molecule has 1 aliphatic carbocycles. The summed E-state index contributed by atoms with van der Waals surface area (Å²) >= 11 is 0. The van der Waals surface area contributed by atoms with E-state index in [2.05, 4.69) is 39.9 Å². The first-order valence-corrected chi connectivity index (χ1v) is 7.58. The number of hydrogen-bond acceptors (Lipinski definition) is 3. The van der Waals surface area contributed by atoms with E-state index in [1.54, 1.807) is 0 Å². The third-order valence-electron chi connectivity index (χ3n) is 3.04. The molecule has 3 N–H and O–H groups in total. The van der Waals surface area contributed by atoms with Crippen LogP contribution in [0.15, 0.2) is 4.99 Å². The van der Waals surface area contributed by atoms with Gasteiger partial charge in [-0.2, -0.15) is 0 Å². The maximum absolute atomic E-state index is 11.5. The monoisotopic (exact) mass is 283 g/mol. The Morgan fingerprint density at radius 2 is 1.90 bits per heavy atom. The molecule has 6 heteroatoms. The van der Waals surface area contributed by atoms with E-state index in [0.29, 0.717) is 13.1 Å². The minimum absolute atomic E-state index is 0.194. The molecule has 1 aliphatic rings. The fourth-order valence-electron chi connectivity index (χ4n) is 1.78. The molecule has 0 bridgehead atoms. The zero-order valence-electron chi connectivity index (χ0n) is 13.0. The predicted molar refractivity (Wildman–Crippen MR) is 82.9 cm³/mol. The van der Waals surface area contributed by atoms with Crippen LogP contribution in [-0.4, -0.2) is 63.6 Å². The van der Waals surface area contributed by atoms with E-state index in [9.17, 15) is 4.79 Å². The van der Waals surface area contributed by atoms with Crippen molar-refractivity contribution < 1.29 is 4.79 Å². The van der Waals surface area contributed by atoms with E-state index >= 15 is 0 Å². The lowest BCUT2D eigenvalue weighted by Crippen LogP contribution is -2.41. The normalized spacial score (nSPS) is 15.3. The number of nitrogens with zero attached hydrogens (tertiary/aromatic N) is 2. The van der Waals surface area contributed by atoms with Crippen molar-refractivity contribution in [1.82, 2.24) is 20.9 Å². The zero-order chi connectivity index (χ0) is 14.8. The Labute approximate surface area is 122 Å². The number of nitrogens with one attached hydrogen (secondary N) is 3. The van der Waals surface area contributed by atoms with Gasteiger partial charge < -0.3 is 20.9 Å². The minimum atomic E-state index is 0.194. The van der Waals surface area contributed by atoms with Crippen LogP contribution in [0.1, 0.15) is 26.2 Å². The summed E-state index contributed by atoms with van der Waals surface area (Å²) in [5.41, 5.74) is 0. The summed E-state index contributed by atoms with van der Waals surface area (Å²) in [7, 11) is 4.13. The summed E-state index contributed by atoms with van der Waals surface area (Å²) in [6.07, 6.45) is 3.15. The number of carbonyl (C=O) groups excluding carboxylic acids is 1. The number of amides is 1. The second kappa shape index (κ2) is 9.58. The molecule has 20 heavy (non-hydrogen) atoms. The van der Waals surface area contributed by atoms with Crippen LogP contribution >= 0.6 is 0 Å². The smallest absolute Gasteiger partial charge is 0.223 e. The number of carbonyl (C=O) groups is 1. The quantitative estimate of drug-likeness (QED) is 0.317. The van der Waals surface area contributed by atoms with Crippen molar-refractivity contribution in [3.05, 3.63) is 0 Å². The Bertz CT molecular complexity index is 313. The van der Waals surface area contributed by atoms with Crippen LogP contribution in [-0.2, 0) is 4.79 Å². The molecule has 1 amide bonds. The lowest BCUT2D eigenvalue weighted by atomic mass is 10.4. The number of guanidine groups is 1. The Morgan fingerprint density at radius 1 is 1.20 bits per heavy atom. The molecular weight excluding hydrogens is 254 g/mol. The van der Waals surface area contributed by atoms with Crippen LogP contribution in [0, 0.1) is 5.92 Å². The summed E-state index contributed by atoms with van der Waals surface area (Å²) in [4.78, 5) is 18.1. The Morgan fingerprint density at radius 3 is 2.50 bits per heavy atom. The first kappa shape index (κ1) is 16.8. The van der Waals surface area contributed by atoms with Gasteiger partial charge in [-0.1, -0.05) is 0 Å². The Kier molecular flexibility index (Phi) is 8.02.